The van der Waals surface area contributed by atoms with Crippen LogP contribution in [-0.2, 0) is 9.53 Å². The Morgan fingerprint density at radius 3 is 2.65 bits per heavy atom. The normalized spacial score (nSPS) is 12.3. The van der Waals surface area contributed by atoms with Gasteiger partial charge in [0.2, 0.25) is 0 Å². The maximum absolute atomic E-state index is 11.6. The highest BCUT2D eigenvalue weighted by molar-refractivity contribution is 7.99. The number of rotatable bonds is 5. The molecule has 0 aliphatic rings. The third kappa shape index (κ3) is 3.25. The molecule has 0 saturated carbocycles. The summed E-state index contributed by atoms with van der Waals surface area (Å²) < 4.78 is 5.01. The van der Waals surface area contributed by atoms with Gasteiger partial charge in [0.05, 0.1) is 12.5 Å². The number of benzene rings is 2. The number of phenols is 1. The van der Waals surface area contributed by atoms with E-state index >= 15 is 0 Å². The van der Waals surface area contributed by atoms with Crippen molar-refractivity contribution in [3.63, 3.8) is 0 Å². The van der Waals surface area contributed by atoms with Crippen LogP contribution in [0, 0.1) is 5.92 Å². The van der Waals surface area contributed by atoms with Gasteiger partial charge in [-0.1, -0.05) is 31.2 Å². The molecular formula is C16H18O3S. The van der Waals surface area contributed by atoms with Gasteiger partial charge in [0.1, 0.15) is 5.75 Å². The maximum Gasteiger partial charge on any atom is 0.309 e. The van der Waals surface area contributed by atoms with E-state index in [1.807, 2.05) is 44.2 Å². The van der Waals surface area contributed by atoms with Crippen molar-refractivity contribution in [3.05, 3.63) is 36.4 Å². The van der Waals surface area contributed by atoms with Crippen molar-refractivity contribution in [1.82, 2.24) is 0 Å². The molecule has 20 heavy (non-hydrogen) atoms. The zero-order chi connectivity index (χ0) is 14.5. The molecule has 4 heteroatoms. The maximum atomic E-state index is 11.6. The van der Waals surface area contributed by atoms with Crippen LogP contribution in [0.25, 0.3) is 10.8 Å². The van der Waals surface area contributed by atoms with E-state index < -0.39 is 0 Å². The van der Waals surface area contributed by atoms with Gasteiger partial charge in [-0.2, -0.15) is 0 Å². The fourth-order valence-electron chi connectivity index (χ4n) is 1.95. The van der Waals surface area contributed by atoms with Crippen LogP contribution in [0.2, 0.25) is 0 Å². The van der Waals surface area contributed by atoms with E-state index in [2.05, 4.69) is 0 Å². The Labute approximate surface area is 122 Å². The second-order valence-corrected chi connectivity index (χ2v) is 5.65. The summed E-state index contributed by atoms with van der Waals surface area (Å²) in [6.07, 6.45) is 0. The number of hydrogen-bond donors (Lipinski definition) is 1. The summed E-state index contributed by atoms with van der Waals surface area (Å²) in [7, 11) is 0. The molecule has 0 amide bonds. The third-order valence-corrected chi connectivity index (χ3v) is 4.37. The van der Waals surface area contributed by atoms with Crippen LogP contribution in [0.1, 0.15) is 13.8 Å². The van der Waals surface area contributed by atoms with Gasteiger partial charge in [-0.15, -0.1) is 11.8 Å². The lowest BCUT2D eigenvalue weighted by atomic mass is 10.1. The van der Waals surface area contributed by atoms with Gasteiger partial charge in [-0.3, -0.25) is 4.79 Å². The topological polar surface area (TPSA) is 46.5 Å². The first-order valence-electron chi connectivity index (χ1n) is 6.63. The van der Waals surface area contributed by atoms with E-state index in [-0.39, 0.29) is 17.6 Å². The molecule has 0 aliphatic heterocycles. The van der Waals surface area contributed by atoms with Gasteiger partial charge in [-0.25, -0.2) is 0 Å². The lowest BCUT2D eigenvalue weighted by Crippen LogP contribution is -2.16. The second-order valence-electron chi connectivity index (χ2n) is 4.59. The standard InChI is InChI=1S/C16H18O3S/c1-3-19-16(18)11(2)10-20-15-9-8-14(17)12-6-4-5-7-13(12)15/h4-9,11,17H,3,10H2,1-2H3. The quantitative estimate of drug-likeness (QED) is 0.671. The average Bonchev–Trinajstić information content (AvgIpc) is 2.47. The molecule has 0 fully saturated rings. The molecule has 0 aromatic heterocycles. The van der Waals surface area contributed by atoms with Crippen molar-refractivity contribution in [3.8, 4) is 5.75 Å². The van der Waals surface area contributed by atoms with Crippen LogP contribution in [0.4, 0.5) is 0 Å². The van der Waals surface area contributed by atoms with Gasteiger partial charge >= 0.3 is 5.97 Å². The fourth-order valence-corrected chi connectivity index (χ4v) is 3.01. The van der Waals surface area contributed by atoms with E-state index in [0.29, 0.717) is 12.4 Å². The molecule has 2 aromatic rings. The zero-order valence-corrected chi connectivity index (χ0v) is 12.4. The third-order valence-electron chi connectivity index (χ3n) is 3.04. The number of aromatic hydroxyl groups is 1. The molecular weight excluding hydrogens is 272 g/mol. The predicted octanol–water partition coefficient (Wildman–Crippen LogP) is 3.84. The van der Waals surface area contributed by atoms with E-state index in [4.69, 9.17) is 4.74 Å². The minimum Gasteiger partial charge on any atom is -0.507 e. The van der Waals surface area contributed by atoms with Gasteiger partial charge in [-0.05, 0) is 24.4 Å². The minimum atomic E-state index is -0.164. The second kappa shape index (κ2) is 6.66. The molecule has 0 bridgehead atoms. The Balaban J connectivity index is 2.15. The molecule has 0 spiro atoms. The average molecular weight is 290 g/mol. The Morgan fingerprint density at radius 2 is 1.95 bits per heavy atom. The first-order chi connectivity index (χ1) is 9.63. The first-order valence-corrected chi connectivity index (χ1v) is 7.62. The number of carbonyl (C=O) groups excluding carboxylic acids is 1. The van der Waals surface area contributed by atoms with Gasteiger partial charge < -0.3 is 9.84 Å². The Morgan fingerprint density at radius 1 is 1.25 bits per heavy atom. The molecule has 0 aliphatic carbocycles. The van der Waals surface area contributed by atoms with Gasteiger partial charge in [0, 0.05) is 16.0 Å². The zero-order valence-electron chi connectivity index (χ0n) is 11.6. The number of phenolic OH excluding ortho intramolecular Hbond substituents is 1. The van der Waals surface area contributed by atoms with Crippen molar-refractivity contribution >= 4 is 28.5 Å². The summed E-state index contributed by atoms with van der Waals surface area (Å²) in [5.74, 6) is 0.632. The lowest BCUT2D eigenvalue weighted by Gasteiger charge is -2.12. The number of thioether (sulfide) groups is 1. The van der Waals surface area contributed by atoms with Crippen molar-refractivity contribution < 1.29 is 14.6 Å². The summed E-state index contributed by atoms with van der Waals surface area (Å²) in [5, 5.41) is 11.7. The largest absolute Gasteiger partial charge is 0.507 e. The van der Waals surface area contributed by atoms with Gasteiger partial charge in [0.25, 0.3) is 0 Å². The molecule has 2 rings (SSSR count). The number of ether oxygens (including phenoxy) is 1. The molecule has 106 valence electrons. The highest BCUT2D eigenvalue weighted by atomic mass is 32.2. The van der Waals surface area contributed by atoms with Crippen LogP contribution in [0.15, 0.2) is 41.3 Å². The molecule has 2 aromatic carbocycles. The number of esters is 1. The van der Waals surface area contributed by atoms with E-state index in [0.717, 1.165) is 15.7 Å². The van der Waals surface area contributed by atoms with Crippen molar-refractivity contribution in [2.75, 3.05) is 12.4 Å². The van der Waals surface area contributed by atoms with E-state index in [9.17, 15) is 9.90 Å². The number of fused-ring (bicyclic) bond motifs is 1. The van der Waals surface area contributed by atoms with E-state index in [1.54, 1.807) is 17.8 Å². The highest BCUT2D eigenvalue weighted by Gasteiger charge is 2.15. The fraction of sp³-hybridized carbons (Fsp3) is 0.312. The van der Waals surface area contributed by atoms with Crippen LogP contribution in [-0.4, -0.2) is 23.4 Å². The van der Waals surface area contributed by atoms with Gasteiger partial charge in [0.15, 0.2) is 0 Å². The number of hydrogen-bond acceptors (Lipinski definition) is 4. The Bertz CT molecular complexity index is 610. The molecule has 1 atom stereocenters. The van der Waals surface area contributed by atoms with Crippen LogP contribution in [0.3, 0.4) is 0 Å². The Hall–Kier alpha value is -1.68. The van der Waals surface area contributed by atoms with Crippen molar-refractivity contribution in [2.45, 2.75) is 18.7 Å². The number of carbonyl (C=O) groups is 1. The summed E-state index contributed by atoms with van der Waals surface area (Å²) >= 11 is 1.61. The van der Waals surface area contributed by atoms with Crippen molar-refractivity contribution in [2.24, 2.45) is 5.92 Å². The summed E-state index contributed by atoms with van der Waals surface area (Å²) in [5.41, 5.74) is 0. The summed E-state index contributed by atoms with van der Waals surface area (Å²) in [6.45, 7) is 4.09. The van der Waals surface area contributed by atoms with Crippen LogP contribution >= 0.6 is 11.8 Å². The van der Waals surface area contributed by atoms with E-state index in [1.165, 1.54) is 0 Å². The predicted molar refractivity (Wildman–Crippen MR) is 82.1 cm³/mol. The van der Waals surface area contributed by atoms with Crippen LogP contribution < -0.4 is 0 Å². The van der Waals surface area contributed by atoms with Crippen molar-refractivity contribution in [1.29, 1.82) is 0 Å². The highest BCUT2D eigenvalue weighted by Crippen LogP contribution is 2.34. The molecule has 1 unspecified atom stereocenters. The SMILES string of the molecule is CCOC(=O)C(C)CSc1ccc(O)c2ccccc12. The minimum absolute atomic E-state index is 0.146. The molecule has 1 N–H and O–H groups in total. The molecule has 0 heterocycles. The first kappa shape index (κ1) is 14.7. The lowest BCUT2D eigenvalue weighted by molar-refractivity contribution is -0.146. The molecule has 0 radical (unpaired) electrons. The smallest absolute Gasteiger partial charge is 0.309 e. The summed E-state index contributed by atoms with van der Waals surface area (Å²) in [6, 6.07) is 11.3. The summed E-state index contributed by atoms with van der Waals surface area (Å²) in [4.78, 5) is 12.7. The molecule has 3 nitrogen and oxygen atoms in total. The Kier molecular flexibility index (Phi) is 4.90. The monoisotopic (exact) mass is 290 g/mol. The van der Waals surface area contributed by atoms with Crippen LogP contribution in [0.5, 0.6) is 5.75 Å². The molecule has 0 saturated heterocycles.